The SMILES string of the molecule is Cc1ccc(SN2CCC3(CC2)CC(=O)CO3)c(C)c1. The number of ketones is 1. The molecular formula is C16H21NO2S. The Balaban J connectivity index is 1.60. The quantitative estimate of drug-likeness (QED) is 0.783. The second-order valence-corrected chi connectivity index (χ2v) is 7.12. The van der Waals surface area contributed by atoms with Crippen molar-refractivity contribution in [1.82, 2.24) is 4.31 Å². The number of Topliss-reactive ketones (excluding diaryl/α,β-unsaturated/α-hetero) is 1. The third-order valence-corrected chi connectivity index (χ3v) is 5.53. The first kappa shape index (κ1) is 14.1. The molecule has 1 spiro atoms. The van der Waals surface area contributed by atoms with Gasteiger partial charge in [-0.15, -0.1) is 0 Å². The highest BCUT2D eigenvalue weighted by atomic mass is 32.2. The zero-order valence-electron chi connectivity index (χ0n) is 12.1. The number of piperidine rings is 1. The van der Waals surface area contributed by atoms with E-state index < -0.39 is 0 Å². The predicted octanol–water partition coefficient (Wildman–Crippen LogP) is 3.13. The summed E-state index contributed by atoms with van der Waals surface area (Å²) in [5.41, 5.74) is 2.50. The number of carbonyl (C=O) groups excluding carboxylic acids is 1. The highest BCUT2D eigenvalue weighted by Crippen LogP contribution is 2.38. The van der Waals surface area contributed by atoms with Gasteiger partial charge in [0, 0.05) is 24.4 Å². The minimum Gasteiger partial charge on any atom is -0.367 e. The van der Waals surface area contributed by atoms with E-state index >= 15 is 0 Å². The van der Waals surface area contributed by atoms with Crippen molar-refractivity contribution in [3.8, 4) is 0 Å². The van der Waals surface area contributed by atoms with Gasteiger partial charge in [0.1, 0.15) is 6.61 Å². The van der Waals surface area contributed by atoms with Gasteiger partial charge < -0.3 is 4.74 Å². The van der Waals surface area contributed by atoms with E-state index in [9.17, 15) is 4.79 Å². The lowest BCUT2D eigenvalue weighted by atomic mass is 9.89. The molecule has 3 nitrogen and oxygen atoms in total. The molecule has 0 aliphatic carbocycles. The van der Waals surface area contributed by atoms with Crippen LogP contribution in [-0.4, -0.2) is 35.4 Å². The van der Waals surface area contributed by atoms with Crippen LogP contribution in [0, 0.1) is 13.8 Å². The summed E-state index contributed by atoms with van der Waals surface area (Å²) < 4.78 is 8.14. The lowest BCUT2D eigenvalue weighted by Gasteiger charge is -2.37. The summed E-state index contributed by atoms with van der Waals surface area (Å²) in [6.07, 6.45) is 2.56. The van der Waals surface area contributed by atoms with Crippen LogP contribution in [0.25, 0.3) is 0 Å². The van der Waals surface area contributed by atoms with Crippen molar-refractivity contribution in [2.24, 2.45) is 0 Å². The fraction of sp³-hybridized carbons (Fsp3) is 0.562. The molecule has 20 heavy (non-hydrogen) atoms. The molecule has 0 N–H and O–H groups in total. The Kier molecular flexibility index (Phi) is 3.89. The van der Waals surface area contributed by atoms with Crippen LogP contribution in [-0.2, 0) is 9.53 Å². The van der Waals surface area contributed by atoms with Crippen LogP contribution >= 0.6 is 11.9 Å². The van der Waals surface area contributed by atoms with Crippen LogP contribution in [0.5, 0.6) is 0 Å². The first-order valence-corrected chi connectivity index (χ1v) is 8.00. The van der Waals surface area contributed by atoms with Gasteiger partial charge in [-0.2, -0.15) is 0 Å². The molecule has 1 aromatic carbocycles. The number of hydrogen-bond donors (Lipinski definition) is 0. The molecule has 3 rings (SSSR count). The summed E-state index contributed by atoms with van der Waals surface area (Å²) >= 11 is 1.84. The van der Waals surface area contributed by atoms with Crippen molar-refractivity contribution in [1.29, 1.82) is 0 Å². The van der Waals surface area contributed by atoms with Crippen LogP contribution in [0.3, 0.4) is 0 Å². The van der Waals surface area contributed by atoms with Crippen molar-refractivity contribution >= 4 is 17.7 Å². The van der Waals surface area contributed by atoms with Gasteiger partial charge in [-0.05, 0) is 50.3 Å². The predicted molar refractivity (Wildman–Crippen MR) is 80.9 cm³/mol. The maximum absolute atomic E-state index is 11.4. The van der Waals surface area contributed by atoms with Gasteiger partial charge in [0.05, 0.1) is 5.60 Å². The van der Waals surface area contributed by atoms with E-state index in [1.165, 1.54) is 16.0 Å². The smallest absolute Gasteiger partial charge is 0.161 e. The second kappa shape index (κ2) is 5.51. The molecule has 2 aliphatic heterocycles. The Hall–Kier alpha value is -0.840. The van der Waals surface area contributed by atoms with Gasteiger partial charge in [0.25, 0.3) is 0 Å². The standard InChI is InChI=1S/C16H21NO2S/c1-12-3-4-15(13(2)9-12)20-17-7-5-16(6-8-17)10-14(18)11-19-16/h3-4,9H,5-8,10-11H2,1-2H3. The highest BCUT2D eigenvalue weighted by molar-refractivity contribution is 7.97. The Morgan fingerprint density at radius 3 is 2.60 bits per heavy atom. The zero-order valence-corrected chi connectivity index (χ0v) is 13.0. The number of aryl methyl sites for hydroxylation is 2. The van der Waals surface area contributed by atoms with Gasteiger partial charge in [-0.1, -0.05) is 17.7 Å². The molecule has 0 bridgehead atoms. The summed E-state index contributed by atoms with van der Waals surface area (Å²) in [5, 5.41) is 0. The third-order valence-electron chi connectivity index (χ3n) is 4.25. The number of carbonyl (C=O) groups is 1. The number of benzene rings is 1. The number of hydrogen-bond acceptors (Lipinski definition) is 4. The molecular weight excluding hydrogens is 270 g/mol. The normalized spacial score (nSPS) is 22.6. The van der Waals surface area contributed by atoms with E-state index in [0.29, 0.717) is 13.0 Å². The first-order chi connectivity index (χ1) is 9.56. The topological polar surface area (TPSA) is 29.5 Å². The van der Waals surface area contributed by atoms with Crippen LogP contribution in [0.15, 0.2) is 23.1 Å². The summed E-state index contributed by atoms with van der Waals surface area (Å²) in [6.45, 7) is 6.60. The van der Waals surface area contributed by atoms with Crippen LogP contribution in [0.4, 0.5) is 0 Å². The molecule has 2 heterocycles. The molecule has 0 atom stereocenters. The molecule has 0 amide bonds. The average Bonchev–Trinajstić information content (AvgIpc) is 2.77. The number of rotatable bonds is 2. The van der Waals surface area contributed by atoms with Gasteiger partial charge in [0.15, 0.2) is 5.78 Å². The summed E-state index contributed by atoms with van der Waals surface area (Å²) in [7, 11) is 0. The molecule has 108 valence electrons. The van der Waals surface area contributed by atoms with E-state index in [-0.39, 0.29) is 11.4 Å². The molecule has 2 saturated heterocycles. The van der Waals surface area contributed by atoms with Gasteiger partial charge in [-0.3, -0.25) is 4.79 Å². The lowest BCUT2D eigenvalue weighted by molar-refractivity contribution is -0.117. The number of ether oxygens (including phenoxy) is 1. The molecule has 0 saturated carbocycles. The van der Waals surface area contributed by atoms with Gasteiger partial charge in [0.2, 0.25) is 0 Å². The van der Waals surface area contributed by atoms with E-state index in [2.05, 4.69) is 36.4 Å². The second-order valence-electron chi connectivity index (χ2n) is 5.98. The minimum absolute atomic E-state index is 0.142. The van der Waals surface area contributed by atoms with Gasteiger partial charge >= 0.3 is 0 Å². The lowest BCUT2D eigenvalue weighted by Crippen LogP contribution is -2.41. The van der Waals surface area contributed by atoms with Crippen molar-refractivity contribution in [2.75, 3.05) is 19.7 Å². The highest BCUT2D eigenvalue weighted by Gasteiger charge is 2.42. The largest absolute Gasteiger partial charge is 0.367 e. The molecule has 2 fully saturated rings. The Morgan fingerprint density at radius 2 is 2.00 bits per heavy atom. The Bertz CT molecular complexity index is 521. The van der Waals surface area contributed by atoms with E-state index in [1.54, 1.807) is 0 Å². The van der Waals surface area contributed by atoms with Crippen molar-refractivity contribution in [2.45, 2.75) is 43.6 Å². The molecule has 0 unspecified atom stereocenters. The fourth-order valence-electron chi connectivity index (χ4n) is 3.04. The Labute approximate surface area is 124 Å². The third kappa shape index (κ3) is 2.92. The molecule has 4 heteroatoms. The maximum atomic E-state index is 11.4. The summed E-state index contributed by atoms with van der Waals surface area (Å²) in [5.74, 6) is 0.264. The minimum atomic E-state index is -0.142. The van der Waals surface area contributed by atoms with E-state index in [1.807, 2.05) is 11.9 Å². The number of nitrogens with zero attached hydrogens (tertiary/aromatic N) is 1. The molecule has 0 aromatic heterocycles. The van der Waals surface area contributed by atoms with Gasteiger partial charge in [-0.25, -0.2) is 4.31 Å². The Morgan fingerprint density at radius 1 is 1.25 bits per heavy atom. The summed E-state index contributed by atoms with van der Waals surface area (Å²) in [4.78, 5) is 12.8. The van der Waals surface area contributed by atoms with E-state index in [4.69, 9.17) is 4.74 Å². The molecule has 0 radical (unpaired) electrons. The molecule has 2 aliphatic rings. The van der Waals surface area contributed by atoms with Crippen LogP contribution in [0.1, 0.15) is 30.4 Å². The van der Waals surface area contributed by atoms with Crippen molar-refractivity contribution in [3.05, 3.63) is 29.3 Å². The van der Waals surface area contributed by atoms with Crippen LogP contribution in [0.2, 0.25) is 0 Å². The first-order valence-electron chi connectivity index (χ1n) is 7.22. The average molecular weight is 291 g/mol. The van der Waals surface area contributed by atoms with Crippen LogP contribution < -0.4 is 0 Å². The van der Waals surface area contributed by atoms with Crippen molar-refractivity contribution < 1.29 is 9.53 Å². The van der Waals surface area contributed by atoms with E-state index in [0.717, 1.165) is 25.9 Å². The zero-order chi connectivity index (χ0) is 14.2. The molecule has 1 aromatic rings. The van der Waals surface area contributed by atoms with Crippen molar-refractivity contribution in [3.63, 3.8) is 0 Å². The summed E-state index contributed by atoms with van der Waals surface area (Å²) in [6, 6.07) is 6.60. The maximum Gasteiger partial charge on any atom is 0.161 e. The fourth-order valence-corrected chi connectivity index (χ4v) is 4.02. The monoisotopic (exact) mass is 291 g/mol.